The van der Waals surface area contributed by atoms with Gasteiger partial charge in [-0.05, 0) is 39.0 Å². The summed E-state index contributed by atoms with van der Waals surface area (Å²) < 4.78 is 7.43. The lowest BCUT2D eigenvalue weighted by Crippen LogP contribution is -2.48. The van der Waals surface area contributed by atoms with Crippen molar-refractivity contribution in [1.82, 2.24) is 14.7 Å². The minimum absolute atomic E-state index is 0.00206. The zero-order valence-corrected chi connectivity index (χ0v) is 14.2. The summed E-state index contributed by atoms with van der Waals surface area (Å²) >= 11 is 6.04. The van der Waals surface area contributed by atoms with E-state index in [0.29, 0.717) is 23.7 Å². The summed E-state index contributed by atoms with van der Waals surface area (Å²) in [5.74, 6) is -0.00206. The molecule has 0 aliphatic carbocycles. The number of benzene rings is 1. The molecule has 1 aromatic carbocycles. The molecule has 0 unspecified atom stereocenters. The Morgan fingerprint density at radius 3 is 2.65 bits per heavy atom. The number of nitrogens with zero attached hydrogens (tertiary/aromatic N) is 3. The lowest BCUT2D eigenvalue weighted by atomic mass is 10.1. The van der Waals surface area contributed by atoms with E-state index in [1.165, 1.54) is 0 Å². The predicted octanol–water partition coefficient (Wildman–Crippen LogP) is 3.08. The molecule has 23 heavy (non-hydrogen) atoms. The summed E-state index contributed by atoms with van der Waals surface area (Å²) in [6.07, 6.45) is 1.72. The average molecular weight is 334 g/mol. The fourth-order valence-electron chi connectivity index (χ4n) is 3.00. The first-order valence-corrected chi connectivity index (χ1v) is 8.09. The van der Waals surface area contributed by atoms with Crippen molar-refractivity contribution in [2.24, 2.45) is 0 Å². The number of carbonyl (C=O) groups is 1. The van der Waals surface area contributed by atoms with Crippen molar-refractivity contribution in [3.8, 4) is 5.69 Å². The van der Waals surface area contributed by atoms with Gasteiger partial charge in [-0.3, -0.25) is 4.79 Å². The van der Waals surface area contributed by atoms with Crippen LogP contribution in [0.5, 0.6) is 0 Å². The Labute approximate surface area is 140 Å². The minimum Gasteiger partial charge on any atom is -0.372 e. The van der Waals surface area contributed by atoms with E-state index in [-0.39, 0.29) is 18.1 Å². The smallest absolute Gasteiger partial charge is 0.257 e. The third-order valence-corrected chi connectivity index (χ3v) is 4.23. The van der Waals surface area contributed by atoms with Crippen LogP contribution in [0, 0.1) is 6.92 Å². The van der Waals surface area contributed by atoms with Gasteiger partial charge in [-0.2, -0.15) is 5.10 Å². The van der Waals surface area contributed by atoms with Gasteiger partial charge in [0.1, 0.15) is 0 Å². The molecular formula is C17H20ClN3O2. The van der Waals surface area contributed by atoms with E-state index < -0.39 is 0 Å². The van der Waals surface area contributed by atoms with E-state index in [0.717, 1.165) is 11.4 Å². The van der Waals surface area contributed by atoms with Crippen molar-refractivity contribution in [2.45, 2.75) is 33.0 Å². The van der Waals surface area contributed by atoms with Crippen molar-refractivity contribution in [3.63, 3.8) is 0 Å². The van der Waals surface area contributed by atoms with Crippen LogP contribution in [0.2, 0.25) is 5.02 Å². The first-order chi connectivity index (χ1) is 11.0. The summed E-state index contributed by atoms with van der Waals surface area (Å²) in [6.45, 7) is 7.07. The van der Waals surface area contributed by atoms with E-state index in [2.05, 4.69) is 5.10 Å². The standard InChI is InChI=1S/C17H20ClN3O2/c1-11-9-20(10-12(2)23-11)17(22)16-8-19-21(13(16)3)15-6-4-5-14(18)7-15/h4-8,11-12H,9-10H2,1-3H3/t11-,12-/m0/s1. The van der Waals surface area contributed by atoms with Crippen molar-refractivity contribution < 1.29 is 9.53 Å². The molecule has 2 heterocycles. The van der Waals surface area contributed by atoms with Crippen LogP contribution < -0.4 is 0 Å². The Morgan fingerprint density at radius 2 is 2.00 bits per heavy atom. The van der Waals surface area contributed by atoms with Gasteiger partial charge in [-0.15, -0.1) is 0 Å². The lowest BCUT2D eigenvalue weighted by Gasteiger charge is -2.35. The molecule has 3 rings (SSSR count). The maximum atomic E-state index is 12.8. The van der Waals surface area contributed by atoms with Gasteiger partial charge in [-0.1, -0.05) is 17.7 Å². The normalized spacial score (nSPS) is 21.5. The Balaban J connectivity index is 1.88. The van der Waals surface area contributed by atoms with Crippen LogP contribution in [0.3, 0.4) is 0 Å². The summed E-state index contributed by atoms with van der Waals surface area (Å²) in [5, 5.41) is 5.00. The number of ether oxygens (including phenoxy) is 1. The van der Waals surface area contributed by atoms with E-state index in [1.807, 2.05) is 49.9 Å². The maximum absolute atomic E-state index is 12.8. The molecule has 1 fully saturated rings. The quantitative estimate of drug-likeness (QED) is 0.848. The Hall–Kier alpha value is -1.85. The second kappa shape index (κ2) is 6.34. The summed E-state index contributed by atoms with van der Waals surface area (Å²) in [5.41, 5.74) is 2.27. The molecule has 5 nitrogen and oxygen atoms in total. The Morgan fingerprint density at radius 1 is 1.30 bits per heavy atom. The second-order valence-electron chi connectivity index (χ2n) is 6.00. The average Bonchev–Trinajstić information content (AvgIpc) is 2.87. The lowest BCUT2D eigenvalue weighted by molar-refractivity contribution is -0.0586. The molecule has 1 saturated heterocycles. The number of halogens is 1. The van der Waals surface area contributed by atoms with Crippen LogP contribution in [-0.4, -0.2) is 45.9 Å². The molecule has 0 N–H and O–H groups in total. The van der Waals surface area contributed by atoms with Crippen LogP contribution in [0.4, 0.5) is 0 Å². The molecule has 122 valence electrons. The Kier molecular flexibility index (Phi) is 4.41. The predicted molar refractivity (Wildman–Crippen MR) is 89.2 cm³/mol. The van der Waals surface area contributed by atoms with Crippen LogP contribution in [0.1, 0.15) is 29.9 Å². The number of morpholine rings is 1. The van der Waals surface area contributed by atoms with Crippen molar-refractivity contribution in [2.75, 3.05) is 13.1 Å². The van der Waals surface area contributed by atoms with Crippen LogP contribution >= 0.6 is 11.6 Å². The maximum Gasteiger partial charge on any atom is 0.257 e. The highest BCUT2D eigenvalue weighted by Gasteiger charge is 2.28. The number of rotatable bonds is 2. The summed E-state index contributed by atoms with van der Waals surface area (Å²) in [4.78, 5) is 14.7. The van der Waals surface area contributed by atoms with Gasteiger partial charge in [0.05, 0.1) is 35.3 Å². The summed E-state index contributed by atoms with van der Waals surface area (Å²) in [6, 6.07) is 7.42. The number of hydrogen-bond acceptors (Lipinski definition) is 3. The van der Waals surface area contributed by atoms with Crippen molar-refractivity contribution in [3.05, 3.63) is 46.7 Å². The fourth-order valence-corrected chi connectivity index (χ4v) is 3.19. The van der Waals surface area contributed by atoms with Gasteiger partial charge in [0.2, 0.25) is 0 Å². The SMILES string of the molecule is Cc1c(C(=O)N2C[C@H](C)O[C@@H](C)C2)cnn1-c1cccc(Cl)c1. The van der Waals surface area contributed by atoms with Crippen LogP contribution in [0.25, 0.3) is 5.69 Å². The zero-order valence-electron chi connectivity index (χ0n) is 13.5. The van der Waals surface area contributed by atoms with Gasteiger partial charge in [0.25, 0.3) is 5.91 Å². The molecule has 1 aliphatic heterocycles. The highest BCUT2D eigenvalue weighted by atomic mass is 35.5. The molecule has 0 radical (unpaired) electrons. The topological polar surface area (TPSA) is 47.4 Å². The molecule has 0 spiro atoms. The largest absolute Gasteiger partial charge is 0.372 e. The number of amides is 1. The first-order valence-electron chi connectivity index (χ1n) is 7.71. The molecule has 0 bridgehead atoms. The van der Waals surface area contributed by atoms with E-state index in [1.54, 1.807) is 10.9 Å². The number of carbonyl (C=O) groups excluding carboxylic acids is 1. The monoisotopic (exact) mass is 333 g/mol. The van der Waals surface area contributed by atoms with Gasteiger partial charge in [0.15, 0.2) is 0 Å². The van der Waals surface area contributed by atoms with E-state index in [4.69, 9.17) is 16.3 Å². The Bertz CT molecular complexity index is 718. The molecule has 6 heteroatoms. The van der Waals surface area contributed by atoms with Crippen molar-refractivity contribution >= 4 is 17.5 Å². The van der Waals surface area contributed by atoms with Gasteiger partial charge in [0, 0.05) is 18.1 Å². The number of aromatic nitrogens is 2. The fraction of sp³-hybridized carbons (Fsp3) is 0.412. The van der Waals surface area contributed by atoms with Gasteiger partial charge < -0.3 is 9.64 Å². The molecule has 1 amide bonds. The van der Waals surface area contributed by atoms with Crippen LogP contribution in [0.15, 0.2) is 30.5 Å². The minimum atomic E-state index is -0.00206. The molecular weight excluding hydrogens is 314 g/mol. The first kappa shape index (κ1) is 16.0. The molecule has 2 atom stereocenters. The van der Waals surface area contributed by atoms with Crippen molar-refractivity contribution in [1.29, 1.82) is 0 Å². The van der Waals surface area contributed by atoms with E-state index in [9.17, 15) is 4.79 Å². The highest BCUT2D eigenvalue weighted by molar-refractivity contribution is 6.30. The van der Waals surface area contributed by atoms with Crippen LogP contribution in [-0.2, 0) is 4.74 Å². The van der Waals surface area contributed by atoms with E-state index >= 15 is 0 Å². The molecule has 0 saturated carbocycles. The molecule has 1 aromatic heterocycles. The van der Waals surface area contributed by atoms with Gasteiger partial charge >= 0.3 is 0 Å². The third kappa shape index (κ3) is 3.26. The number of hydrogen-bond donors (Lipinski definition) is 0. The second-order valence-corrected chi connectivity index (χ2v) is 6.44. The molecule has 1 aliphatic rings. The third-order valence-electron chi connectivity index (χ3n) is 4.00. The molecule has 2 aromatic rings. The van der Waals surface area contributed by atoms with Gasteiger partial charge in [-0.25, -0.2) is 4.68 Å². The highest BCUT2D eigenvalue weighted by Crippen LogP contribution is 2.20. The zero-order chi connectivity index (χ0) is 16.6. The summed E-state index contributed by atoms with van der Waals surface area (Å²) in [7, 11) is 0.